The van der Waals surface area contributed by atoms with Crippen LogP contribution in [0.25, 0.3) is 0 Å². The maximum absolute atomic E-state index is 12.3. The van der Waals surface area contributed by atoms with Crippen molar-refractivity contribution in [1.82, 2.24) is 15.6 Å². The van der Waals surface area contributed by atoms with Crippen molar-refractivity contribution in [2.75, 3.05) is 25.0 Å². The van der Waals surface area contributed by atoms with Crippen LogP contribution in [0.4, 0.5) is 11.5 Å². The number of nitrogens with zero attached hydrogens (tertiary/aromatic N) is 2. The number of piperidine rings is 1. The molecule has 7 heteroatoms. The fourth-order valence-electron chi connectivity index (χ4n) is 2.75. The summed E-state index contributed by atoms with van der Waals surface area (Å²) in [6, 6.07) is 13.9. The SMILES string of the molecule is CN(c1ccccc1)c1ccc(C(=O)NC2CCCNC2)cn1.Cl.Cl. The third-order valence-electron chi connectivity index (χ3n) is 4.13. The Balaban J connectivity index is 0.00000156. The van der Waals surface area contributed by atoms with Gasteiger partial charge in [-0.2, -0.15) is 0 Å². The Hall–Kier alpha value is -1.82. The number of pyridine rings is 1. The van der Waals surface area contributed by atoms with E-state index in [9.17, 15) is 4.79 Å². The zero-order valence-corrected chi connectivity index (χ0v) is 15.8. The van der Waals surface area contributed by atoms with Crippen molar-refractivity contribution in [2.45, 2.75) is 18.9 Å². The van der Waals surface area contributed by atoms with Crippen molar-refractivity contribution in [3.05, 3.63) is 54.2 Å². The van der Waals surface area contributed by atoms with Crippen molar-refractivity contribution in [3.63, 3.8) is 0 Å². The highest BCUT2D eigenvalue weighted by atomic mass is 35.5. The summed E-state index contributed by atoms with van der Waals surface area (Å²) in [5.74, 6) is 0.757. The van der Waals surface area contributed by atoms with Gasteiger partial charge in [-0.3, -0.25) is 4.79 Å². The molecule has 2 N–H and O–H groups in total. The van der Waals surface area contributed by atoms with Gasteiger partial charge in [0.15, 0.2) is 0 Å². The lowest BCUT2D eigenvalue weighted by Gasteiger charge is -2.24. The molecule has 1 aliphatic rings. The first kappa shape index (κ1) is 21.2. The molecule has 1 unspecified atom stereocenters. The average molecular weight is 383 g/mol. The summed E-state index contributed by atoms with van der Waals surface area (Å²) in [6.07, 6.45) is 3.77. The Kier molecular flexibility index (Phi) is 8.69. The van der Waals surface area contributed by atoms with Crippen molar-refractivity contribution in [2.24, 2.45) is 0 Å². The average Bonchev–Trinajstić information content (AvgIpc) is 2.63. The molecule has 0 saturated carbocycles. The molecule has 0 spiro atoms. The van der Waals surface area contributed by atoms with Gasteiger partial charge in [0.1, 0.15) is 5.82 Å². The van der Waals surface area contributed by atoms with Crippen LogP contribution in [-0.2, 0) is 0 Å². The van der Waals surface area contributed by atoms with E-state index in [1.807, 2.05) is 54.4 Å². The predicted molar refractivity (Wildman–Crippen MR) is 107 cm³/mol. The molecule has 1 saturated heterocycles. The first-order valence-corrected chi connectivity index (χ1v) is 8.00. The quantitative estimate of drug-likeness (QED) is 0.852. The van der Waals surface area contributed by atoms with E-state index < -0.39 is 0 Å². The van der Waals surface area contributed by atoms with Crippen LogP contribution in [0.2, 0.25) is 0 Å². The third-order valence-corrected chi connectivity index (χ3v) is 4.13. The molecular formula is C18H24Cl2N4O. The Bertz CT molecular complexity index is 646. The number of carbonyl (C=O) groups excluding carboxylic acids is 1. The van der Waals surface area contributed by atoms with Gasteiger partial charge in [0.05, 0.1) is 5.56 Å². The van der Waals surface area contributed by atoms with Gasteiger partial charge in [-0.25, -0.2) is 4.98 Å². The van der Waals surface area contributed by atoms with Crippen LogP contribution >= 0.6 is 24.8 Å². The number of rotatable bonds is 4. The van der Waals surface area contributed by atoms with E-state index in [1.54, 1.807) is 6.20 Å². The fourth-order valence-corrected chi connectivity index (χ4v) is 2.75. The molecule has 3 rings (SSSR count). The van der Waals surface area contributed by atoms with Crippen LogP contribution in [0.15, 0.2) is 48.7 Å². The lowest BCUT2D eigenvalue weighted by Crippen LogP contribution is -2.45. The molecule has 1 aromatic carbocycles. The molecular weight excluding hydrogens is 359 g/mol. The zero-order chi connectivity index (χ0) is 16.1. The van der Waals surface area contributed by atoms with Crippen LogP contribution in [0.3, 0.4) is 0 Å². The highest BCUT2D eigenvalue weighted by molar-refractivity contribution is 5.94. The van der Waals surface area contributed by atoms with Crippen LogP contribution in [0.5, 0.6) is 0 Å². The minimum absolute atomic E-state index is 0. The Labute approximate surface area is 161 Å². The number of hydrogen-bond acceptors (Lipinski definition) is 4. The second-order valence-electron chi connectivity index (χ2n) is 5.82. The summed E-state index contributed by atoms with van der Waals surface area (Å²) >= 11 is 0. The van der Waals surface area contributed by atoms with Crippen LogP contribution in [0, 0.1) is 0 Å². The normalized spacial score (nSPS) is 16.1. The zero-order valence-electron chi connectivity index (χ0n) is 14.1. The third kappa shape index (κ3) is 5.59. The highest BCUT2D eigenvalue weighted by Crippen LogP contribution is 2.20. The summed E-state index contributed by atoms with van der Waals surface area (Å²) < 4.78 is 0. The lowest BCUT2D eigenvalue weighted by atomic mass is 10.1. The standard InChI is InChI=1S/C18H22N4O.2ClH/c1-22(16-7-3-2-4-8-16)17-10-9-14(12-20-17)18(23)21-15-6-5-11-19-13-15;;/h2-4,7-10,12,15,19H,5-6,11,13H2,1H3,(H,21,23);2*1H. The highest BCUT2D eigenvalue weighted by Gasteiger charge is 2.16. The van der Waals surface area contributed by atoms with Gasteiger partial charge in [0, 0.05) is 31.5 Å². The summed E-state index contributed by atoms with van der Waals surface area (Å²) in [5.41, 5.74) is 1.66. The summed E-state index contributed by atoms with van der Waals surface area (Å²) in [6.45, 7) is 1.88. The van der Waals surface area contributed by atoms with Gasteiger partial charge in [0.25, 0.3) is 5.91 Å². The maximum Gasteiger partial charge on any atom is 0.253 e. The van der Waals surface area contributed by atoms with Gasteiger partial charge in [-0.15, -0.1) is 24.8 Å². The minimum atomic E-state index is -0.0554. The topological polar surface area (TPSA) is 57.3 Å². The van der Waals surface area contributed by atoms with E-state index in [0.717, 1.165) is 37.4 Å². The van der Waals surface area contributed by atoms with E-state index in [2.05, 4.69) is 15.6 Å². The first-order chi connectivity index (χ1) is 11.2. The largest absolute Gasteiger partial charge is 0.348 e. The number of anilines is 2. The molecule has 1 aromatic heterocycles. The van der Waals surface area contributed by atoms with Crippen LogP contribution in [-0.4, -0.2) is 37.1 Å². The smallest absolute Gasteiger partial charge is 0.253 e. The minimum Gasteiger partial charge on any atom is -0.348 e. The number of hydrogen-bond donors (Lipinski definition) is 2. The van der Waals surface area contributed by atoms with Crippen LogP contribution < -0.4 is 15.5 Å². The molecule has 2 heterocycles. The summed E-state index contributed by atoms with van der Waals surface area (Å²) in [7, 11) is 1.96. The van der Waals surface area contributed by atoms with Crippen molar-refractivity contribution < 1.29 is 4.79 Å². The molecule has 1 fully saturated rings. The predicted octanol–water partition coefficient (Wildman–Crippen LogP) is 3.17. The summed E-state index contributed by atoms with van der Waals surface area (Å²) in [5, 5.41) is 6.36. The molecule has 25 heavy (non-hydrogen) atoms. The Morgan fingerprint density at radius 2 is 1.96 bits per heavy atom. The molecule has 1 atom stereocenters. The van der Waals surface area contributed by atoms with Gasteiger partial charge in [-0.1, -0.05) is 18.2 Å². The van der Waals surface area contributed by atoms with E-state index in [4.69, 9.17) is 0 Å². The van der Waals surface area contributed by atoms with E-state index in [-0.39, 0.29) is 36.8 Å². The van der Waals surface area contributed by atoms with E-state index in [0.29, 0.717) is 5.56 Å². The van der Waals surface area contributed by atoms with Crippen molar-refractivity contribution >= 4 is 42.2 Å². The molecule has 136 valence electrons. The number of carbonyl (C=O) groups is 1. The molecule has 0 aliphatic carbocycles. The molecule has 1 aliphatic heterocycles. The lowest BCUT2D eigenvalue weighted by molar-refractivity contribution is 0.0930. The monoisotopic (exact) mass is 382 g/mol. The number of para-hydroxylation sites is 1. The molecule has 5 nitrogen and oxygen atoms in total. The number of amides is 1. The Morgan fingerprint density at radius 1 is 1.20 bits per heavy atom. The molecule has 0 radical (unpaired) electrons. The first-order valence-electron chi connectivity index (χ1n) is 8.00. The summed E-state index contributed by atoms with van der Waals surface area (Å²) in [4.78, 5) is 18.7. The van der Waals surface area contributed by atoms with Crippen molar-refractivity contribution in [1.29, 1.82) is 0 Å². The second-order valence-corrected chi connectivity index (χ2v) is 5.82. The van der Waals surface area contributed by atoms with Gasteiger partial charge in [-0.05, 0) is 43.7 Å². The van der Waals surface area contributed by atoms with Crippen molar-refractivity contribution in [3.8, 4) is 0 Å². The van der Waals surface area contributed by atoms with Gasteiger partial charge < -0.3 is 15.5 Å². The van der Waals surface area contributed by atoms with E-state index in [1.165, 1.54) is 0 Å². The molecule has 2 aromatic rings. The number of aromatic nitrogens is 1. The fraction of sp³-hybridized carbons (Fsp3) is 0.333. The van der Waals surface area contributed by atoms with Crippen LogP contribution in [0.1, 0.15) is 23.2 Å². The molecule has 0 bridgehead atoms. The Morgan fingerprint density at radius 3 is 2.56 bits per heavy atom. The second kappa shape index (κ2) is 10.2. The number of halogens is 2. The van der Waals surface area contributed by atoms with Gasteiger partial charge in [0.2, 0.25) is 0 Å². The number of nitrogens with one attached hydrogen (secondary N) is 2. The van der Waals surface area contributed by atoms with E-state index >= 15 is 0 Å². The van der Waals surface area contributed by atoms with Gasteiger partial charge >= 0.3 is 0 Å². The molecule has 1 amide bonds. The number of benzene rings is 1. The maximum atomic E-state index is 12.3.